The first-order valence-electron chi connectivity index (χ1n) is 6.18. The lowest BCUT2D eigenvalue weighted by Gasteiger charge is -2.20. The molecule has 0 radical (unpaired) electrons. The van der Waals surface area contributed by atoms with Crippen molar-refractivity contribution in [3.63, 3.8) is 0 Å². The summed E-state index contributed by atoms with van der Waals surface area (Å²) in [6.45, 7) is 4.75. The van der Waals surface area contributed by atoms with Crippen LogP contribution in [0.15, 0.2) is 18.2 Å². The van der Waals surface area contributed by atoms with Gasteiger partial charge in [0.15, 0.2) is 17.3 Å². The van der Waals surface area contributed by atoms with Crippen molar-refractivity contribution < 1.29 is 19.4 Å². The molecule has 18 heavy (non-hydrogen) atoms. The molecule has 1 atom stereocenters. The van der Waals surface area contributed by atoms with E-state index in [9.17, 15) is 9.90 Å². The molecule has 1 unspecified atom stereocenters. The number of carbonyl (C=O) groups is 1. The molecular weight excluding hydrogens is 232 g/mol. The van der Waals surface area contributed by atoms with Gasteiger partial charge in [-0.25, -0.2) is 0 Å². The maximum atomic E-state index is 12.2. The molecule has 1 N–H and O–H groups in total. The summed E-state index contributed by atoms with van der Waals surface area (Å²) in [5.74, 6) is 0.961. The van der Waals surface area contributed by atoms with Gasteiger partial charge in [-0.3, -0.25) is 4.79 Å². The Hall–Kier alpha value is -1.55. The summed E-state index contributed by atoms with van der Waals surface area (Å²) in [5.41, 5.74) is 0.562. The second-order valence-corrected chi connectivity index (χ2v) is 4.76. The molecule has 0 spiro atoms. The largest absolute Gasteiger partial charge is 0.486 e. The zero-order valence-electron chi connectivity index (χ0n) is 10.7. The van der Waals surface area contributed by atoms with Crippen LogP contribution in [0.5, 0.6) is 11.5 Å². The second-order valence-electron chi connectivity index (χ2n) is 4.76. The van der Waals surface area contributed by atoms with E-state index in [1.807, 2.05) is 13.8 Å². The first-order valence-corrected chi connectivity index (χ1v) is 6.18. The molecule has 0 amide bonds. The van der Waals surface area contributed by atoms with Gasteiger partial charge in [0.25, 0.3) is 0 Å². The number of Topliss-reactive ketones (excluding diaryl/α,β-unsaturated/α-hetero) is 1. The summed E-state index contributed by atoms with van der Waals surface area (Å²) < 4.78 is 10.9. The Labute approximate surface area is 107 Å². The third kappa shape index (κ3) is 2.48. The van der Waals surface area contributed by atoms with Crippen LogP contribution in [0.4, 0.5) is 0 Å². The van der Waals surface area contributed by atoms with Crippen molar-refractivity contribution in [1.29, 1.82) is 0 Å². The quantitative estimate of drug-likeness (QED) is 0.829. The van der Waals surface area contributed by atoms with Gasteiger partial charge in [0.1, 0.15) is 13.2 Å². The molecule has 0 saturated carbocycles. The van der Waals surface area contributed by atoms with Gasteiger partial charge in [-0.1, -0.05) is 13.8 Å². The Morgan fingerprint density at radius 3 is 2.56 bits per heavy atom. The summed E-state index contributed by atoms with van der Waals surface area (Å²) in [4.78, 5) is 12.2. The van der Waals surface area contributed by atoms with Crippen molar-refractivity contribution in [1.82, 2.24) is 0 Å². The molecule has 2 rings (SSSR count). The number of aliphatic hydroxyl groups excluding tert-OH is 1. The van der Waals surface area contributed by atoms with E-state index in [1.165, 1.54) is 0 Å². The van der Waals surface area contributed by atoms with Crippen LogP contribution >= 0.6 is 0 Å². The highest BCUT2D eigenvalue weighted by molar-refractivity contribution is 5.98. The molecule has 0 aliphatic carbocycles. The molecule has 98 valence electrons. The molecule has 4 nitrogen and oxygen atoms in total. The summed E-state index contributed by atoms with van der Waals surface area (Å²) in [7, 11) is 0. The molecule has 1 aromatic carbocycles. The number of hydrogen-bond acceptors (Lipinski definition) is 4. The zero-order valence-corrected chi connectivity index (χ0v) is 10.7. The average molecular weight is 250 g/mol. The third-order valence-corrected chi connectivity index (χ3v) is 3.16. The fourth-order valence-corrected chi connectivity index (χ4v) is 2.01. The Balaban J connectivity index is 2.25. The Morgan fingerprint density at radius 2 is 1.94 bits per heavy atom. The van der Waals surface area contributed by atoms with Gasteiger partial charge >= 0.3 is 0 Å². The number of ketones is 1. The van der Waals surface area contributed by atoms with E-state index in [2.05, 4.69) is 0 Å². The van der Waals surface area contributed by atoms with Crippen molar-refractivity contribution in [2.75, 3.05) is 19.8 Å². The van der Waals surface area contributed by atoms with E-state index in [0.29, 0.717) is 30.3 Å². The molecule has 4 heteroatoms. The number of aliphatic hydroxyl groups is 1. The molecule has 0 aromatic heterocycles. The smallest absolute Gasteiger partial charge is 0.168 e. The van der Waals surface area contributed by atoms with E-state index in [4.69, 9.17) is 9.47 Å². The van der Waals surface area contributed by atoms with Crippen LogP contribution in [0.3, 0.4) is 0 Å². The number of hydrogen-bond donors (Lipinski definition) is 1. The van der Waals surface area contributed by atoms with Crippen LogP contribution in [0.25, 0.3) is 0 Å². The SMILES string of the molecule is CC(C)C(CO)C(=O)c1ccc2c(c1)OCCO2. The van der Waals surface area contributed by atoms with Gasteiger partial charge in [-0.05, 0) is 24.1 Å². The van der Waals surface area contributed by atoms with Crippen LogP contribution in [-0.2, 0) is 0 Å². The molecular formula is C14H18O4. The summed E-state index contributed by atoms with van der Waals surface area (Å²) in [6, 6.07) is 5.17. The van der Waals surface area contributed by atoms with E-state index in [1.54, 1.807) is 18.2 Å². The average Bonchev–Trinajstić information content (AvgIpc) is 2.38. The van der Waals surface area contributed by atoms with E-state index in [-0.39, 0.29) is 24.2 Å². The molecule has 1 aliphatic heterocycles. The van der Waals surface area contributed by atoms with Crippen molar-refractivity contribution in [3.05, 3.63) is 23.8 Å². The lowest BCUT2D eigenvalue weighted by atomic mass is 9.88. The number of ether oxygens (including phenoxy) is 2. The highest BCUT2D eigenvalue weighted by Gasteiger charge is 2.24. The van der Waals surface area contributed by atoms with Gasteiger partial charge in [0.2, 0.25) is 0 Å². The highest BCUT2D eigenvalue weighted by atomic mass is 16.6. The maximum Gasteiger partial charge on any atom is 0.168 e. The van der Waals surface area contributed by atoms with Crippen molar-refractivity contribution in [3.8, 4) is 11.5 Å². The predicted molar refractivity (Wildman–Crippen MR) is 67.2 cm³/mol. The minimum absolute atomic E-state index is 0.0514. The highest BCUT2D eigenvalue weighted by Crippen LogP contribution is 2.32. The molecule has 0 bridgehead atoms. The second kappa shape index (κ2) is 5.40. The van der Waals surface area contributed by atoms with E-state index < -0.39 is 0 Å². The number of carbonyl (C=O) groups excluding carboxylic acids is 1. The third-order valence-electron chi connectivity index (χ3n) is 3.16. The molecule has 0 saturated heterocycles. The van der Waals surface area contributed by atoms with Crippen LogP contribution in [0.2, 0.25) is 0 Å². The van der Waals surface area contributed by atoms with E-state index in [0.717, 1.165) is 0 Å². The Bertz CT molecular complexity index is 439. The first kappa shape index (κ1) is 12.9. The van der Waals surface area contributed by atoms with Gasteiger partial charge in [0, 0.05) is 11.5 Å². The molecule has 1 aliphatic rings. The van der Waals surface area contributed by atoms with Crippen molar-refractivity contribution in [2.45, 2.75) is 13.8 Å². The number of fused-ring (bicyclic) bond motifs is 1. The summed E-state index contributed by atoms with van der Waals surface area (Å²) >= 11 is 0. The van der Waals surface area contributed by atoms with Gasteiger partial charge in [-0.2, -0.15) is 0 Å². The Morgan fingerprint density at radius 1 is 1.28 bits per heavy atom. The van der Waals surface area contributed by atoms with Crippen molar-refractivity contribution in [2.24, 2.45) is 11.8 Å². The Kier molecular flexibility index (Phi) is 3.87. The minimum atomic E-state index is -0.368. The molecule has 1 aromatic rings. The number of rotatable bonds is 4. The fraction of sp³-hybridized carbons (Fsp3) is 0.500. The van der Waals surface area contributed by atoms with Gasteiger partial charge in [0.05, 0.1) is 6.61 Å². The fourth-order valence-electron chi connectivity index (χ4n) is 2.01. The normalized spacial score (nSPS) is 15.6. The molecule has 1 heterocycles. The predicted octanol–water partition coefficient (Wildman–Crippen LogP) is 1.90. The van der Waals surface area contributed by atoms with E-state index >= 15 is 0 Å². The van der Waals surface area contributed by atoms with Gasteiger partial charge in [-0.15, -0.1) is 0 Å². The summed E-state index contributed by atoms with van der Waals surface area (Å²) in [6.07, 6.45) is 0. The monoisotopic (exact) mass is 250 g/mol. The molecule has 0 fully saturated rings. The summed E-state index contributed by atoms with van der Waals surface area (Å²) in [5, 5.41) is 9.29. The minimum Gasteiger partial charge on any atom is -0.486 e. The topological polar surface area (TPSA) is 55.8 Å². The van der Waals surface area contributed by atoms with Crippen molar-refractivity contribution >= 4 is 5.78 Å². The lowest BCUT2D eigenvalue weighted by molar-refractivity contribution is 0.0805. The van der Waals surface area contributed by atoms with Crippen LogP contribution in [-0.4, -0.2) is 30.7 Å². The van der Waals surface area contributed by atoms with Gasteiger partial charge < -0.3 is 14.6 Å². The van der Waals surface area contributed by atoms with Crippen LogP contribution in [0.1, 0.15) is 24.2 Å². The maximum absolute atomic E-state index is 12.2. The zero-order chi connectivity index (χ0) is 13.1. The lowest BCUT2D eigenvalue weighted by Crippen LogP contribution is -2.24. The van der Waals surface area contributed by atoms with Crippen LogP contribution < -0.4 is 9.47 Å². The standard InChI is InChI=1S/C14H18O4/c1-9(2)11(8-15)14(16)10-3-4-12-13(7-10)18-6-5-17-12/h3-4,7,9,11,15H,5-6,8H2,1-2H3. The number of benzene rings is 1. The van der Waals surface area contributed by atoms with Crippen LogP contribution in [0, 0.1) is 11.8 Å². The first-order chi connectivity index (χ1) is 8.63.